The van der Waals surface area contributed by atoms with Gasteiger partial charge in [0.15, 0.2) is 11.7 Å². The number of oxazole rings is 1. The first-order chi connectivity index (χ1) is 17.1. The summed E-state index contributed by atoms with van der Waals surface area (Å²) in [5.41, 5.74) is 0.355. The van der Waals surface area contributed by atoms with E-state index in [2.05, 4.69) is 30.9 Å². The maximum absolute atomic E-state index is 13.2. The number of hydrogen-bond donors (Lipinski definition) is 3. The van der Waals surface area contributed by atoms with Gasteiger partial charge in [-0.1, -0.05) is 34.1 Å². The minimum atomic E-state index is -0.751. The highest BCUT2D eigenvalue weighted by Gasteiger charge is 2.35. The molecule has 0 spiro atoms. The van der Waals surface area contributed by atoms with E-state index in [9.17, 15) is 14.4 Å². The molecule has 36 heavy (non-hydrogen) atoms. The molecule has 0 radical (unpaired) electrons. The van der Waals surface area contributed by atoms with E-state index < -0.39 is 30.1 Å². The van der Waals surface area contributed by atoms with Crippen molar-refractivity contribution in [2.45, 2.75) is 72.1 Å². The van der Waals surface area contributed by atoms with Gasteiger partial charge in [0, 0.05) is 5.38 Å². The van der Waals surface area contributed by atoms with Crippen molar-refractivity contribution >= 4 is 35.0 Å². The van der Waals surface area contributed by atoms with Crippen molar-refractivity contribution in [3.8, 4) is 0 Å². The fourth-order valence-electron chi connectivity index (χ4n) is 4.04. The smallest absolute Gasteiger partial charge is 0.274 e. The zero-order valence-corrected chi connectivity index (χ0v) is 22.1. The van der Waals surface area contributed by atoms with Crippen molar-refractivity contribution in [2.24, 2.45) is 16.8 Å². The Kier molecular flexibility index (Phi) is 7.43. The largest absolute Gasteiger partial charge is 0.477 e. The standard InChI is InChI=1S/C24H32N6O5S/c1-7-11(4)17-23-30-18(13(6)35-23)21(33)28-16(10(2)3)22-26-14(8-34-22)19(31)25-12(5)24-27-15(9-36-24)20(32)29-17/h9-12,14,16-17H,7-8H2,1-6H3,(H,25,31)(H,28,33)(H,29,32). The van der Waals surface area contributed by atoms with Crippen LogP contribution in [0.4, 0.5) is 0 Å². The molecule has 194 valence electrons. The molecule has 11 nitrogen and oxygen atoms in total. The van der Waals surface area contributed by atoms with Crippen LogP contribution in [-0.2, 0) is 9.53 Å². The minimum Gasteiger partial charge on any atom is -0.477 e. The number of fused-ring (bicyclic) bond motifs is 5. The van der Waals surface area contributed by atoms with Crippen molar-refractivity contribution in [1.29, 1.82) is 0 Å². The van der Waals surface area contributed by atoms with E-state index in [1.807, 2.05) is 27.7 Å². The van der Waals surface area contributed by atoms with E-state index >= 15 is 0 Å². The predicted molar refractivity (Wildman–Crippen MR) is 133 cm³/mol. The van der Waals surface area contributed by atoms with Crippen LogP contribution in [0.15, 0.2) is 14.8 Å². The minimum absolute atomic E-state index is 0.0218. The van der Waals surface area contributed by atoms with Gasteiger partial charge in [-0.2, -0.15) is 0 Å². The quantitative estimate of drug-likeness (QED) is 0.568. The Morgan fingerprint density at radius 2 is 1.81 bits per heavy atom. The molecule has 0 fully saturated rings. The molecule has 3 amide bonds. The molecule has 6 bridgehead atoms. The van der Waals surface area contributed by atoms with Crippen LogP contribution in [0.1, 0.15) is 90.8 Å². The first-order valence-corrected chi connectivity index (χ1v) is 13.0. The number of thiazole rings is 1. The van der Waals surface area contributed by atoms with Crippen LogP contribution in [0.3, 0.4) is 0 Å². The van der Waals surface area contributed by atoms with Crippen molar-refractivity contribution in [2.75, 3.05) is 6.61 Å². The summed E-state index contributed by atoms with van der Waals surface area (Å²) in [6.45, 7) is 11.4. The van der Waals surface area contributed by atoms with E-state index in [4.69, 9.17) is 9.15 Å². The molecular weight excluding hydrogens is 484 g/mol. The molecule has 4 rings (SSSR count). The Morgan fingerprint density at radius 3 is 2.50 bits per heavy atom. The molecule has 3 N–H and O–H groups in total. The van der Waals surface area contributed by atoms with E-state index in [0.29, 0.717) is 16.7 Å². The topological polar surface area (TPSA) is 148 Å². The summed E-state index contributed by atoms with van der Waals surface area (Å²) in [5.74, 6) is -0.346. The lowest BCUT2D eigenvalue weighted by molar-refractivity contribution is -0.123. The number of aliphatic imine (C=N–C) groups is 1. The molecule has 2 aromatic rings. The summed E-state index contributed by atoms with van der Waals surface area (Å²) in [6, 6.07) is -2.30. The van der Waals surface area contributed by atoms with Gasteiger partial charge in [-0.15, -0.1) is 11.3 Å². The van der Waals surface area contributed by atoms with Crippen LogP contribution in [-0.4, -0.2) is 52.3 Å². The summed E-state index contributed by atoms with van der Waals surface area (Å²) in [5, 5.41) is 11.0. The summed E-state index contributed by atoms with van der Waals surface area (Å²) in [7, 11) is 0. The lowest BCUT2D eigenvalue weighted by Gasteiger charge is -2.21. The third-order valence-corrected chi connectivity index (χ3v) is 7.50. The van der Waals surface area contributed by atoms with Gasteiger partial charge in [0.25, 0.3) is 11.8 Å². The third-order valence-electron chi connectivity index (χ3n) is 6.47. The Morgan fingerprint density at radius 1 is 1.08 bits per heavy atom. The highest BCUT2D eigenvalue weighted by Crippen LogP contribution is 2.27. The lowest BCUT2D eigenvalue weighted by atomic mass is 9.99. The Balaban J connectivity index is 1.76. The molecule has 5 unspecified atom stereocenters. The van der Waals surface area contributed by atoms with Crippen LogP contribution in [0, 0.1) is 18.8 Å². The molecule has 2 aromatic heterocycles. The van der Waals surface area contributed by atoms with Gasteiger partial charge in [0.2, 0.25) is 17.7 Å². The third kappa shape index (κ3) is 5.13. The van der Waals surface area contributed by atoms with Gasteiger partial charge in [0.1, 0.15) is 35.2 Å². The molecule has 2 aliphatic heterocycles. The Bertz CT molecular complexity index is 1190. The molecule has 0 saturated heterocycles. The second kappa shape index (κ2) is 10.4. The van der Waals surface area contributed by atoms with Gasteiger partial charge in [0.05, 0.1) is 6.04 Å². The monoisotopic (exact) mass is 516 g/mol. The fourth-order valence-corrected chi connectivity index (χ4v) is 4.85. The van der Waals surface area contributed by atoms with Crippen molar-refractivity contribution < 1.29 is 23.5 Å². The van der Waals surface area contributed by atoms with Gasteiger partial charge < -0.3 is 25.1 Å². The summed E-state index contributed by atoms with van der Waals surface area (Å²) in [6.07, 6.45) is 0.743. The number of nitrogens with zero attached hydrogens (tertiary/aromatic N) is 3. The number of nitrogens with one attached hydrogen (secondary N) is 3. The molecule has 4 heterocycles. The number of aryl methyl sites for hydroxylation is 1. The van der Waals surface area contributed by atoms with Crippen molar-refractivity contribution in [3.05, 3.63) is 33.4 Å². The highest BCUT2D eigenvalue weighted by molar-refractivity contribution is 7.09. The normalized spacial score (nSPS) is 25.8. The first kappa shape index (κ1) is 25.8. The average molecular weight is 517 g/mol. The van der Waals surface area contributed by atoms with E-state index in [1.54, 1.807) is 19.2 Å². The SMILES string of the molecule is CCC(C)C1NC(=O)c2csc(n2)C(C)NC(=O)C2COC(=N2)C(C(C)C)NC(=O)c2nc1oc2C. The summed E-state index contributed by atoms with van der Waals surface area (Å²) in [4.78, 5) is 52.6. The molecule has 2 aliphatic rings. The maximum atomic E-state index is 13.2. The maximum Gasteiger partial charge on any atom is 0.274 e. The van der Waals surface area contributed by atoms with Gasteiger partial charge in [-0.05, 0) is 25.7 Å². The number of carbonyl (C=O) groups is 3. The number of aromatic nitrogens is 2. The number of amides is 3. The Hall–Kier alpha value is -3.28. The van der Waals surface area contributed by atoms with Gasteiger partial charge in [-0.3, -0.25) is 14.4 Å². The van der Waals surface area contributed by atoms with Gasteiger partial charge >= 0.3 is 0 Å². The molecule has 12 heteroatoms. The molecule has 0 aliphatic carbocycles. The highest BCUT2D eigenvalue weighted by atomic mass is 32.1. The molecule has 0 saturated carbocycles. The van der Waals surface area contributed by atoms with Crippen LogP contribution in [0.25, 0.3) is 0 Å². The van der Waals surface area contributed by atoms with E-state index in [1.165, 1.54) is 11.3 Å². The average Bonchev–Trinajstić information content (AvgIpc) is 3.59. The van der Waals surface area contributed by atoms with E-state index in [-0.39, 0.29) is 47.5 Å². The second-order valence-corrected chi connectivity index (χ2v) is 10.5. The Labute approximate surface area is 213 Å². The van der Waals surface area contributed by atoms with Crippen LogP contribution in [0.2, 0.25) is 0 Å². The summed E-state index contributed by atoms with van der Waals surface area (Å²) < 4.78 is 11.6. The number of ether oxygens (including phenoxy) is 1. The predicted octanol–water partition coefficient (Wildman–Crippen LogP) is 2.70. The first-order valence-electron chi connectivity index (χ1n) is 12.1. The number of rotatable bonds is 3. The lowest BCUT2D eigenvalue weighted by Crippen LogP contribution is -2.45. The van der Waals surface area contributed by atoms with E-state index in [0.717, 1.165) is 6.42 Å². The number of carbonyl (C=O) groups excluding carboxylic acids is 3. The summed E-state index contributed by atoms with van der Waals surface area (Å²) >= 11 is 1.29. The number of hydrogen-bond acceptors (Lipinski definition) is 9. The van der Waals surface area contributed by atoms with Crippen LogP contribution >= 0.6 is 11.3 Å². The zero-order valence-electron chi connectivity index (χ0n) is 21.2. The molecular formula is C24H32N6O5S. The molecule has 5 atom stereocenters. The zero-order chi connectivity index (χ0) is 26.1. The van der Waals surface area contributed by atoms with Crippen molar-refractivity contribution in [1.82, 2.24) is 25.9 Å². The van der Waals surface area contributed by atoms with Crippen LogP contribution in [0.5, 0.6) is 0 Å². The fraction of sp³-hybridized carbons (Fsp3) is 0.583. The second-order valence-electron chi connectivity index (χ2n) is 9.58. The van der Waals surface area contributed by atoms with Gasteiger partial charge in [-0.25, -0.2) is 15.0 Å². The van der Waals surface area contributed by atoms with Crippen molar-refractivity contribution in [3.63, 3.8) is 0 Å². The molecule has 0 aromatic carbocycles. The van der Waals surface area contributed by atoms with Crippen LogP contribution < -0.4 is 16.0 Å².